The third-order valence-electron chi connectivity index (χ3n) is 3.37. The van der Waals surface area contributed by atoms with E-state index in [1.807, 2.05) is 6.92 Å². The fourth-order valence-electron chi connectivity index (χ4n) is 1.86. The van der Waals surface area contributed by atoms with Crippen molar-refractivity contribution in [3.8, 4) is 0 Å². The Morgan fingerprint density at radius 1 is 1.32 bits per heavy atom. The van der Waals surface area contributed by atoms with Crippen LogP contribution in [0.4, 0.5) is 0 Å². The average molecular weight is 272 g/mol. The summed E-state index contributed by atoms with van der Waals surface area (Å²) in [5.74, 6) is 0.0866. The smallest absolute Gasteiger partial charge is 0.237 e. The molecule has 0 fully saturated rings. The van der Waals surface area contributed by atoms with E-state index >= 15 is 0 Å². The molecule has 0 heterocycles. The predicted octanol–water partition coefficient (Wildman–Crippen LogP) is 2.33. The van der Waals surface area contributed by atoms with Crippen LogP contribution in [0.5, 0.6) is 0 Å². The Hall–Kier alpha value is -0.610. The fraction of sp³-hybridized carbons (Fsp3) is 0.933. The van der Waals surface area contributed by atoms with Gasteiger partial charge >= 0.3 is 0 Å². The van der Waals surface area contributed by atoms with E-state index in [0.717, 1.165) is 32.4 Å². The molecular weight excluding hydrogens is 240 g/mol. The van der Waals surface area contributed by atoms with Crippen LogP contribution < -0.4 is 10.6 Å². The van der Waals surface area contributed by atoms with Gasteiger partial charge in [-0.25, -0.2) is 0 Å². The van der Waals surface area contributed by atoms with Crippen LogP contribution >= 0.6 is 0 Å². The Labute approximate surface area is 118 Å². The minimum atomic E-state index is -0.152. The molecule has 0 aliphatic heterocycles. The number of nitrogens with one attached hydrogen (secondary N) is 2. The summed E-state index contributed by atoms with van der Waals surface area (Å²) in [6.45, 7) is 12.0. The molecule has 0 aromatic rings. The van der Waals surface area contributed by atoms with E-state index in [-0.39, 0.29) is 23.4 Å². The average Bonchev–Trinajstić information content (AvgIpc) is 2.33. The third kappa shape index (κ3) is 9.00. The van der Waals surface area contributed by atoms with Crippen molar-refractivity contribution in [3.63, 3.8) is 0 Å². The van der Waals surface area contributed by atoms with Crippen molar-refractivity contribution in [2.24, 2.45) is 5.41 Å². The van der Waals surface area contributed by atoms with Gasteiger partial charge in [0.15, 0.2) is 0 Å². The van der Waals surface area contributed by atoms with E-state index < -0.39 is 0 Å². The number of methoxy groups -OCH3 is 1. The van der Waals surface area contributed by atoms with Crippen molar-refractivity contribution < 1.29 is 9.53 Å². The molecule has 2 unspecified atom stereocenters. The van der Waals surface area contributed by atoms with Crippen LogP contribution in [0.3, 0.4) is 0 Å². The van der Waals surface area contributed by atoms with Crippen molar-refractivity contribution in [1.82, 2.24) is 10.6 Å². The molecule has 0 aromatic heterocycles. The first kappa shape index (κ1) is 18.4. The highest BCUT2D eigenvalue weighted by atomic mass is 16.5. The Bertz CT molecular complexity index is 255. The highest BCUT2D eigenvalue weighted by Gasteiger charge is 2.21. The molecule has 0 saturated carbocycles. The Morgan fingerprint density at radius 2 is 1.95 bits per heavy atom. The zero-order valence-electron chi connectivity index (χ0n) is 13.5. The molecule has 0 bridgehead atoms. The Kier molecular flexibility index (Phi) is 9.02. The van der Waals surface area contributed by atoms with E-state index in [4.69, 9.17) is 4.74 Å². The number of carbonyl (C=O) groups excluding carboxylic acids is 1. The normalized spacial score (nSPS) is 15.1. The monoisotopic (exact) mass is 272 g/mol. The molecule has 0 saturated heterocycles. The number of amides is 1. The summed E-state index contributed by atoms with van der Waals surface area (Å²) in [4.78, 5) is 12.0. The molecule has 19 heavy (non-hydrogen) atoms. The van der Waals surface area contributed by atoms with E-state index in [0.29, 0.717) is 0 Å². The second-order valence-electron chi connectivity index (χ2n) is 6.21. The molecule has 0 rings (SSSR count). The molecule has 4 heteroatoms. The molecule has 2 N–H and O–H groups in total. The van der Waals surface area contributed by atoms with Crippen LogP contribution in [0.15, 0.2) is 0 Å². The van der Waals surface area contributed by atoms with Crippen LogP contribution in [0.25, 0.3) is 0 Å². The minimum absolute atomic E-state index is 0.0866. The lowest BCUT2D eigenvalue weighted by Crippen LogP contribution is -2.47. The summed E-state index contributed by atoms with van der Waals surface area (Å²) >= 11 is 0. The largest absolute Gasteiger partial charge is 0.385 e. The lowest BCUT2D eigenvalue weighted by molar-refractivity contribution is -0.123. The van der Waals surface area contributed by atoms with Gasteiger partial charge in [0.1, 0.15) is 0 Å². The summed E-state index contributed by atoms with van der Waals surface area (Å²) in [5.41, 5.74) is 0.138. The number of ether oxygens (including phenoxy) is 1. The van der Waals surface area contributed by atoms with E-state index in [1.54, 1.807) is 7.11 Å². The van der Waals surface area contributed by atoms with Gasteiger partial charge in [0.25, 0.3) is 0 Å². The van der Waals surface area contributed by atoms with Gasteiger partial charge in [-0.2, -0.15) is 0 Å². The molecule has 0 spiro atoms. The van der Waals surface area contributed by atoms with Gasteiger partial charge in [-0.15, -0.1) is 0 Å². The van der Waals surface area contributed by atoms with E-state index in [2.05, 4.69) is 38.3 Å². The van der Waals surface area contributed by atoms with Crippen molar-refractivity contribution >= 4 is 5.91 Å². The Balaban J connectivity index is 4.01. The van der Waals surface area contributed by atoms with Gasteiger partial charge in [-0.1, -0.05) is 27.2 Å². The standard InChI is InChI=1S/C15H32N2O2/c1-7-8-12(2)17-14(18)13(3)16-11-15(4,5)9-10-19-6/h12-13,16H,7-11H2,1-6H3,(H,17,18). The highest BCUT2D eigenvalue weighted by Crippen LogP contribution is 2.18. The van der Waals surface area contributed by atoms with Gasteiger partial charge < -0.3 is 15.4 Å². The molecule has 2 atom stereocenters. The van der Waals surface area contributed by atoms with Gasteiger partial charge in [-0.3, -0.25) is 4.79 Å². The molecular formula is C15H32N2O2. The lowest BCUT2D eigenvalue weighted by atomic mass is 9.89. The number of hydrogen-bond donors (Lipinski definition) is 2. The van der Waals surface area contributed by atoms with Crippen LogP contribution in [0.2, 0.25) is 0 Å². The number of hydrogen-bond acceptors (Lipinski definition) is 3. The van der Waals surface area contributed by atoms with Crippen molar-refractivity contribution in [3.05, 3.63) is 0 Å². The Morgan fingerprint density at radius 3 is 2.47 bits per heavy atom. The van der Waals surface area contributed by atoms with Crippen LogP contribution in [0, 0.1) is 5.41 Å². The topological polar surface area (TPSA) is 50.4 Å². The lowest BCUT2D eigenvalue weighted by Gasteiger charge is -2.27. The van der Waals surface area contributed by atoms with Gasteiger partial charge in [-0.05, 0) is 32.1 Å². The third-order valence-corrected chi connectivity index (χ3v) is 3.37. The summed E-state index contributed by atoms with van der Waals surface area (Å²) in [5, 5.41) is 6.35. The second kappa shape index (κ2) is 9.32. The van der Waals surface area contributed by atoms with Crippen LogP contribution in [0.1, 0.15) is 53.9 Å². The summed E-state index contributed by atoms with van der Waals surface area (Å²) in [7, 11) is 1.72. The molecule has 0 aromatic carbocycles. The summed E-state index contributed by atoms with van der Waals surface area (Å²) in [6, 6.07) is 0.101. The molecule has 0 radical (unpaired) electrons. The molecule has 114 valence electrons. The zero-order valence-corrected chi connectivity index (χ0v) is 13.5. The maximum absolute atomic E-state index is 12.0. The summed E-state index contributed by atoms with van der Waals surface area (Å²) in [6.07, 6.45) is 3.10. The molecule has 0 aliphatic carbocycles. The van der Waals surface area contributed by atoms with Gasteiger partial charge in [0, 0.05) is 26.3 Å². The van der Waals surface area contributed by atoms with Crippen LogP contribution in [-0.2, 0) is 9.53 Å². The quantitative estimate of drug-likeness (QED) is 0.642. The molecule has 1 amide bonds. The van der Waals surface area contributed by atoms with Crippen molar-refractivity contribution in [2.75, 3.05) is 20.3 Å². The summed E-state index contributed by atoms with van der Waals surface area (Å²) < 4.78 is 5.10. The molecule has 4 nitrogen and oxygen atoms in total. The first-order valence-corrected chi connectivity index (χ1v) is 7.35. The number of rotatable bonds is 10. The number of carbonyl (C=O) groups is 1. The second-order valence-corrected chi connectivity index (χ2v) is 6.21. The van der Waals surface area contributed by atoms with E-state index in [9.17, 15) is 4.79 Å². The van der Waals surface area contributed by atoms with E-state index in [1.165, 1.54) is 0 Å². The zero-order chi connectivity index (χ0) is 14.9. The van der Waals surface area contributed by atoms with Crippen LogP contribution in [-0.4, -0.2) is 38.3 Å². The minimum Gasteiger partial charge on any atom is -0.385 e. The maximum atomic E-state index is 12.0. The molecule has 0 aliphatic rings. The SMILES string of the molecule is CCCC(C)NC(=O)C(C)NCC(C)(C)CCOC. The predicted molar refractivity (Wildman–Crippen MR) is 80.3 cm³/mol. The first-order valence-electron chi connectivity index (χ1n) is 7.35. The first-order chi connectivity index (χ1) is 8.82. The highest BCUT2D eigenvalue weighted by molar-refractivity contribution is 5.81. The maximum Gasteiger partial charge on any atom is 0.237 e. The van der Waals surface area contributed by atoms with Gasteiger partial charge in [0.05, 0.1) is 6.04 Å². The van der Waals surface area contributed by atoms with Crippen molar-refractivity contribution in [2.45, 2.75) is 66.0 Å². The fourth-order valence-corrected chi connectivity index (χ4v) is 1.86. The van der Waals surface area contributed by atoms with Gasteiger partial charge in [0.2, 0.25) is 5.91 Å². The van der Waals surface area contributed by atoms with Crippen molar-refractivity contribution in [1.29, 1.82) is 0 Å².